The number of halogens is 1. The van der Waals surface area contributed by atoms with Crippen LogP contribution in [0, 0.1) is 6.92 Å². The van der Waals surface area contributed by atoms with Gasteiger partial charge in [-0.1, -0.05) is 11.2 Å². The van der Waals surface area contributed by atoms with Gasteiger partial charge in [0.25, 0.3) is 5.56 Å². The summed E-state index contributed by atoms with van der Waals surface area (Å²) >= 11 is 0. The second-order valence-corrected chi connectivity index (χ2v) is 7.09. The average Bonchev–Trinajstić information content (AvgIpc) is 3.20. The highest BCUT2D eigenvalue weighted by molar-refractivity contribution is 14.0. The van der Waals surface area contributed by atoms with Crippen LogP contribution in [0.5, 0.6) is 0 Å². The molecule has 0 unspecified atom stereocenters. The van der Waals surface area contributed by atoms with Crippen LogP contribution in [0.25, 0.3) is 0 Å². The van der Waals surface area contributed by atoms with Crippen LogP contribution >= 0.6 is 24.0 Å². The predicted molar refractivity (Wildman–Crippen MR) is 125 cm³/mol. The summed E-state index contributed by atoms with van der Waals surface area (Å²) < 4.78 is 6.74. The topological polar surface area (TPSA) is 78.9 Å². The summed E-state index contributed by atoms with van der Waals surface area (Å²) in [5.41, 5.74) is 2.07. The van der Waals surface area contributed by atoms with E-state index in [-0.39, 0.29) is 29.5 Å². The highest BCUT2D eigenvalue weighted by atomic mass is 127. The zero-order chi connectivity index (χ0) is 19.8. The predicted octanol–water partition coefficient (Wildman–Crippen LogP) is 1.94. The number of pyridine rings is 1. The Bertz CT molecular complexity index is 813. The molecule has 0 saturated carbocycles. The molecule has 1 fully saturated rings. The number of nitrogens with zero attached hydrogens (tertiary/aromatic N) is 5. The molecular weight excluding hydrogens is 483 g/mol. The third-order valence-electron chi connectivity index (χ3n) is 5.12. The van der Waals surface area contributed by atoms with Crippen LogP contribution in [-0.2, 0) is 13.1 Å². The molecule has 0 aromatic carbocycles. The van der Waals surface area contributed by atoms with Crippen molar-refractivity contribution in [3.05, 3.63) is 52.3 Å². The van der Waals surface area contributed by atoms with E-state index in [0.717, 1.165) is 76.0 Å². The van der Waals surface area contributed by atoms with E-state index in [4.69, 9.17) is 4.52 Å². The molecule has 29 heavy (non-hydrogen) atoms. The Morgan fingerprint density at radius 3 is 2.66 bits per heavy atom. The molecule has 0 spiro atoms. The van der Waals surface area contributed by atoms with Crippen LogP contribution in [0.1, 0.15) is 24.2 Å². The van der Waals surface area contributed by atoms with Crippen molar-refractivity contribution in [2.45, 2.75) is 32.9 Å². The zero-order valence-corrected chi connectivity index (χ0v) is 19.5. The van der Waals surface area contributed by atoms with Gasteiger partial charge >= 0.3 is 0 Å². The van der Waals surface area contributed by atoms with Crippen LogP contribution < -0.4 is 10.9 Å². The van der Waals surface area contributed by atoms with Crippen molar-refractivity contribution in [2.75, 3.05) is 39.8 Å². The average molecular weight is 514 g/mol. The molecule has 0 bridgehead atoms. The minimum absolute atomic E-state index is 0. The van der Waals surface area contributed by atoms with E-state index in [1.54, 1.807) is 12.3 Å². The van der Waals surface area contributed by atoms with Gasteiger partial charge in [-0.05, 0) is 25.8 Å². The first-order valence-corrected chi connectivity index (χ1v) is 9.91. The number of piperazine rings is 1. The number of rotatable bonds is 7. The molecular formula is C20H31IN6O2. The third kappa shape index (κ3) is 6.84. The largest absolute Gasteiger partial charge is 0.364 e. The van der Waals surface area contributed by atoms with E-state index >= 15 is 0 Å². The van der Waals surface area contributed by atoms with Gasteiger partial charge in [0, 0.05) is 70.7 Å². The Hall–Kier alpha value is -1.88. The molecule has 0 amide bonds. The molecule has 1 aliphatic heterocycles. The smallest absolute Gasteiger partial charge is 0.250 e. The number of aromatic nitrogens is 2. The van der Waals surface area contributed by atoms with Gasteiger partial charge in [0.05, 0.1) is 5.69 Å². The minimum atomic E-state index is 0. The van der Waals surface area contributed by atoms with Crippen molar-refractivity contribution in [3.63, 3.8) is 0 Å². The summed E-state index contributed by atoms with van der Waals surface area (Å²) in [6.45, 7) is 8.25. The maximum absolute atomic E-state index is 11.9. The van der Waals surface area contributed by atoms with Gasteiger partial charge in [-0.25, -0.2) is 0 Å². The highest BCUT2D eigenvalue weighted by Gasteiger charge is 2.20. The van der Waals surface area contributed by atoms with Gasteiger partial charge in [-0.3, -0.25) is 14.7 Å². The molecule has 2 aromatic heterocycles. The highest BCUT2D eigenvalue weighted by Crippen LogP contribution is 2.07. The molecule has 9 heteroatoms. The molecule has 0 aliphatic carbocycles. The molecule has 1 aliphatic rings. The van der Waals surface area contributed by atoms with Crippen LogP contribution in [0.4, 0.5) is 0 Å². The first-order chi connectivity index (χ1) is 13.7. The number of nitrogens with one attached hydrogen (secondary N) is 1. The SMILES string of the molecule is CN=C(NCCCCn1c(C)cccc1=O)N1CCN(Cc2ccon2)CC1.I. The molecule has 0 atom stereocenters. The fraction of sp³-hybridized carbons (Fsp3) is 0.550. The maximum Gasteiger partial charge on any atom is 0.250 e. The Labute approximate surface area is 189 Å². The van der Waals surface area contributed by atoms with Crippen LogP contribution in [0.3, 0.4) is 0 Å². The van der Waals surface area contributed by atoms with Gasteiger partial charge in [0.1, 0.15) is 6.26 Å². The first-order valence-electron chi connectivity index (χ1n) is 9.91. The van der Waals surface area contributed by atoms with E-state index in [2.05, 4.69) is 25.3 Å². The Morgan fingerprint density at radius 2 is 2.00 bits per heavy atom. The lowest BCUT2D eigenvalue weighted by Gasteiger charge is -2.36. The molecule has 2 aromatic rings. The van der Waals surface area contributed by atoms with Crippen molar-refractivity contribution in [1.82, 2.24) is 24.8 Å². The molecule has 0 radical (unpaired) electrons. The minimum Gasteiger partial charge on any atom is -0.364 e. The lowest BCUT2D eigenvalue weighted by Crippen LogP contribution is -2.52. The van der Waals surface area contributed by atoms with Crippen molar-refractivity contribution in [1.29, 1.82) is 0 Å². The number of hydrogen-bond donors (Lipinski definition) is 1. The molecule has 8 nitrogen and oxygen atoms in total. The number of hydrogen-bond acceptors (Lipinski definition) is 5. The first kappa shape index (κ1) is 23.4. The fourth-order valence-electron chi connectivity index (χ4n) is 3.50. The van der Waals surface area contributed by atoms with Crippen molar-refractivity contribution in [3.8, 4) is 0 Å². The molecule has 3 heterocycles. The van der Waals surface area contributed by atoms with E-state index in [1.807, 2.05) is 36.7 Å². The number of guanidine groups is 1. The summed E-state index contributed by atoms with van der Waals surface area (Å²) in [5, 5.41) is 7.44. The van der Waals surface area contributed by atoms with Crippen molar-refractivity contribution < 1.29 is 4.52 Å². The number of aryl methyl sites for hydroxylation is 1. The van der Waals surface area contributed by atoms with Gasteiger partial charge in [-0.15, -0.1) is 24.0 Å². The second-order valence-electron chi connectivity index (χ2n) is 7.09. The van der Waals surface area contributed by atoms with Crippen LogP contribution in [-0.4, -0.2) is 65.3 Å². The third-order valence-corrected chi connectivity index (χ3v) is 5.12. The molecule has 160 valence electrons. The summed E-state index contributed by atoms with van der Waals surface area (Å²) in [4.78, 5) is 21.0. The van der Waals surface area contributed by atoms with Crippen molar-refractivity contribution >= 4 is 29.9 Å². The normalized spacial score (nSPS) is 15.2. The molecule has 1 N–H and O–H groups in total. The van der Waals surface area contributed by atoms with Gasteiger partial charge < -0.3 is 19.3 Å². The van der Waals surface area contributed by atoms with Crippen LogP contribution in [0.2, 0.25) is 0 Å². The van der Waals surface area contributed by atoms with Crippen LogP contribution in [0.15, 0.2) is 44.8 Å². The second kappa shape index (κ2) is 12.0. The lowest BCUT2D eigenvalue weighted by molar-refractivity contribution is 0.169. The Balaban J connectivity index is 0.00000300. The lowest BCUT2D eigenvalue weighted by atomic mass is 10.2. The Morgan fingerprint density at radius 1 is 1.21 bits per heavy atom. The monoisotopic (exact) mass is 514 g/mol. The Kier molecular flexibility index (Phi) is 9.65. The van der Waals surface area contributed by atoms with E-state index in [1.165, 1.54) is 0 Å². The van der Waals surface area contributed by atoms with Gasteiger partial charge in [0.15, 0.2) is 5.96 Å². The molecule has 1 saturated heterocycles. The van der Waals surface area contributed by atoms with E-state index in [0.29, 0.717) is 0 Å². The van der Waals surface area contributed by atoms with E-state index < -0.39 is 0 Å². The summed E-state index contributed by atoms with van der Waals surface area (Å²) in [7, 11) is 1.83. The van der Waals surface area contributed by atoms with E-state index in [9.17, 15) is 4.79 Å². The number of aliphatic imine (C=N–C) groups is 1. The molecule has 3 rings (SSSR count). The zero-order valence-electron chi connectivity index (χ0n) is 17.2. The summed E-state index contributed by atoms with van der Waals surface area (Å²) in [6, 6.07) is 7.32. The van der Waals surface area contributed by atoms with Gasteiger partial charge in [-0.2, -0.15) is 0 Å². The summed E-state index contributed by atoms with van der Waals surface area (Å²) in [6.07, 6.45) is 3.57. The van der Waals surface area contributed by atoms with Crippen molar-refractivity contribution in [2.24, 2.45) is 4.99 Å². The summed E-state index contributed by atoms with van der Waals surface area (Å²) in [5.74, 6) is 0.953. The fourth-order valence-corrected chi connectivity index (χ4v) is 3.50. The number of unbranched alkanes of at least 4 members (excludes halogenated alkanes) is 1. The standard InChI is InChI=1S/C20H30N6O2.HI/c1-17-6-5-7-19(27)26(17)10-4-3-9-22-20(21-2)25-13-11-24(12-14-25)16-18-8-15-28-23-18;/h5-8,15H,3-4,9-14,16H2,1-2H3,(H,21,22);1H. The quantitative estimate of drug-likeness (QED) is 0.264. The van der Waals surface area contributed by atoms with Gasteiger partial charge in [0.2, 0.25) is 0 Å². The maximum atomic E-state index is 11.9.